The minimum Gasteiger partial charge on any atom is -0.370 e. The number of carbonyl (C=O) groups excluding carboxylic acids is 1. The summed E-state index contributed by atoms with van der Waals surface area (Å²) in [4.78, 5) is 18.7. The van der Waals surface area contributed by atoms with Gasteiger partial charge >= 0.3 is 6.03 Å². The molecule has 1 N–H and O–H groups in total. The number of nitrogens with one attached hydrogen (secondary N) is 1. The first kappa shape index (κ1) is 18.5. The maximum Gasteiger partial charge on any atom is 0.322 e. The van der Waals surface area contributed by atoms with Crippen LogP contribution in [0.3, 0.4) is 0 Å². The Hall–Kier alpha value is -2.90. The summed E-state index contributed by atoms with van der Waals surface area (Å²) in [5, 5.41) is 7.90. The van der Waals surface area contributed by atoms with Gasteiger partial charge in [0, 0.05) is 29.9 Å². The highest BCUT2D eigenvalue weighted by Crippen LogP contribution is 2.24. The summed E-state index contributed by atoms with van der Waals surface area (Å²) in [6.45, 7) is 1.53. The molecule has 0 aliphatic carbocycles. The number of rotatable bonds is 3. The molecule has 2 amide bonds. The number of aromatic nitrogens is 3. The fraction of sp³-hybridized carbons (Fsp3) is 0.250. The van der Waals surface area contributed by atoms with Crippen LogP contribution in [0.1, 0.15) is 11.7 Å². The lowest BCUT2D eigenvalue weighted by molar-refractivity contribution is -0.0135. The van der Waals surface area contributed by atoms with E-state index in [1.807, 2.05) is 55.6 Å². The van der Waals surface area contributed by atoms with Gasteiger partial charge in [-0.15, -0.1) is 0 Å². The summed E-state index contributed by atoms with van der Waals surface area (Å²) < 4.78 is 7.47. The van der Waals surface area contributed by atoms with E-state index in [9.17, 15) is 4.79 Å². The van der Waals surface area contributed by atoms with Crippen LogP contribution < -0.4 is 5.32 Å². The molecule has 1 aromatic heterocycles. The van der Waals surface area contributed by atoms with Crippen molar-refractivity contribution in [3.05, 3.63) is 65.4 Å². The molecule has 0 bridgehead atoms. The topological polar surface area (TPSA) is 72.3 Å². The summed E-state index contributed by atoms with van der Waals surface area (Å²) >= 11 is 5.95. The van der Waals surface area contributed by atoms with Crippen LogP contribution in [-0.4, -0.2) is 45.4 Å². The minimum atomic E-state index is -0.158. The fourth-order valence-corrected chi connectivity index (χ4v) is 3.22. The van der Waals surface area contributed by atoms with E-state index in [-0.39, 0.29) is 12.1 Å². The lowest BCUT2D eigenvalue weighted by Crippen LogP contribution is -2.44. The molecule has 144 valence electrons. The highest BCUT2D eigenvalue weighted by molar-refractivity contribution is 6.30. The molecule has 2 aromatic carbocycles. The average molecular weight is 398 g/mol. The molecule has 1 aliphatic heterocycles. The first-order valence-corrected chi connectivity index (χ1v) is 9.35. The first-order valence-electron chi connectivity index (χ1n) is 8.97. The van der Waals surface area contributed by atoms with Gasteiger partial charge in [0.25, 0.3) is 0 Å². The number of nitrogens with zero attached hydrogens (tertiary/aromatic N) is 4. The lowest BCUT2D eigenvalue weighted by Gasteiger charge is -2.33. The Kier molecular flexibility index (Phi) is 5.27. The van der Waals surface area contributed by atoms with E-state index >= 15 is 0 Å². The van der Waals surface area contributed by atoms with Crippen molar-refractivity contribution in [3.8, 4) is 11.4 Å². The van der Waals surface area contributed by atoms with Gasteiger partial charge in [0.15, 0.2) is 5.82 Å². The zero-order chi connectivity index (χ0) is 19.5. The summed E-state index contributed by atoms with van der Waals surface area (Å²) in [6.07, 6.45) is 1.50. The highest BCUT2D eigenvalue weighted by Gasteiger charge is 2.25. The molecular weight excluding hydrogens is 378 g/mol. The van der Waals surface area contributed by atoms with E-state index in [4.69, 9.17) is 16.3 Å². The Morgan fingerprint density at radius 2 is 1.93 bits per heavy atom. The van der Waals surface area contributed by atoms with Crippen molar-refractivity contribution in [2.75, 3.05) is 25.0 Å². The number of carbonyl (C=O) groups is 1. The molecule has 28 heavy (non-hydrogen) atoms. The number of morpholine rings is 1. The Balaban J connectivity index is 1.39. The van der Waals surface area contributed by atoms with Crippen LogP contribution in [0.4, 0.5) is 10.5 Å². The molecule has 1 saturated heterocycles. The molecule has 3 aromatic rings. The monoisotopic (exact) mass is 397 g/mol. The molecule has 0 radical (unpaired) electrons. The Bertz CT molecular complexity index is 955. The number of hydrogen-bond donors (Lipinski definition) is 1. The summed E-state index contributed by atoms with van der Waals surface area (Å²) in [6, 6.07) is 14.8. The number of aryl methyl sites for hydroxylation is 1. The van der Waals surface area contributed by atoms with Crippen LogP contribution in [0, 0.1) is 0 Å². The molecular formula is C20H20ClN5O2. The molecule has 4 rings (SSSR count). The maximum atomic E-state index is 12.7. The second-order valence-electron chi connectivity index (χ2n) is 6.61. The zero-order valence-corrected chi connectivity index (χ0v) is 16.1. The number of anilines is 1. The van der Waals surface area contributed by atoms with Crippen LogP contribution in [-0.2, 0) is 11.8 Å². The molecule has 0 unspecified atom stereocenters. The normalized spacial score (nSPS) is 16.8. The zero-order valence-electron chi connectivity index (χ0n) is 15.4. The molecule has 1 aliphatic rings. The quantitative estimate of drug-likeness (QED) is 0.730. The Labute approximate surface area is 167 Å². The van der Waals surface area contributed by atoms with Crippen molar-refractivity contribution in [2.24, 2.45) is 7.05 Å². The molecule has 8 heteroatoms. The Morgan fingerprint density at radius 3 is 2.61 bits per heavy atom. The number of benzene rings is 2. The fourth-order valence-electron chi connectivity index (χ4n) is 3.09. The van der Waals surface area contributed by atoms with Crippen LogP contribution in [0.25, 0.3) is 11.4 Å². The van der Waals surface area contributed by atoms with Gasteiger partial charge in [-0.2, -0.15) is 5.10 Å². The van der Waals surface area contributed by atoms with Crippen molar-refractivity contribution >= 4 is 23.3 Å². The molecule has 0 saturated carbocycles. The largest absolute Gasteiger partial charge is 0.370 e. The number of urea groups is 1. The van der Waals surface area contributed by atoms with Crippen molar-refractivity contribution in [2.45, 2.75) is 6.10 Å². The van der Waals surface area contributed by atoms with E-state index in [1.54, 1.807) is 15.9 Å². The highest BCUT2D eigenvalue weighted by atomic mass is 35.5. The van der Waals surface area contributed by atoms with E-state index in [0.717, 1.165) is 16.8 Å². The number of hydrogen-bond acceptors (Lipinski definition) is 4. The third-order valence-corrected chi connectivity index (χ3v) is 4.84. The third-order valence-electron chi connectivity index (χ3n) is 4.59. The van der Waals surface area contributed by atoms with Crippen LogP contribution in [0.2, 0.25) is 5.02 Å². The summed E-state index contributed by atoms with van der Waals surface area (Å²) in [7, 11) is 1.82. The van der Waals surface area contributed by atoms with Gasteiger partial charge in [-0.3, -0.25) is 4.68 Å². The van der Waals surface area contributed by atoms with Gasteiger partial charge in [-0.05, 0) is 42.0 Å². The van der Waals surface area contributed by atoms with Crippen molar-refractivity contribution in [3.63, 3.8) is 0 Å². The molecule has 1 fully saturated rings. The standard InChI is InChI=1S/C20H20ClN5O2/c1-25-13-22-19(24-25)15-4-8-17(9-5-15)23-20(27)26-10-11-28-18(12-26)14-2-6-16(21)7-3-14/h2-9,13,18H,10-12H2,1H3,(H,23,27)/t18-/m1/s1. The molecule has 0 spiro atoms. The second-order valence-corrected chi connectivity index (χ2v) is 7.04. The van der Waals surface area contributed by atoms with Gasteiger partial charge in [0.05, 0.1) is 13.2 Å². The second kappa shape index (κ2) is 8.00. The van der Waals surface area contributed by atoms with Gasteiger partial charge in [-0.25, -0.2) is 9.78 Å². The molecule has 7 nitrogen and oxygen atoms in total. The van der Waals surface area contributed by atoms with Crippen molar-refractivity contribution in [1.29, 1.82) is 0 Å². The minimum absolute atomic E-state index is 0.147. The van der Waals surface area contributed by atoms with Crippen molar-refractivity contribution < 1.29 is 9.53 Å². The SMILES string of the molecule is Cn1cnc(-c2ccc(NC(=O)N3CCO[C@@H](c4ccc(Cl)cc4)C3)cc2)n1. The van der Waals surface area contributed by atoms with Gasteiger partial charge in [0.1, 0.15) is 12.4 Å². The van der Waals surface area contributed by atoms with Crippen molar-refractivity contribution in [1.82, 2.24) is 19.7 Å². The average Bonchev–Trinajstić information content (AvgIpc) is 3.15. The van der Waals surface area contributed by atoms with Crippen LogP contribution in [0.5, 0.6) is 0 Å². The predicted molar refractivity (Wildman–Crippen MR) is 107 cm³/mol. The molecule has 2 heterocycles. The predicted octanol–water partition coefficient (Wildman–Crippen LogP) is 3.74. The number of ether oxygens (including phenoxy) is 1. The third kappa shape index (κ3) is 4.16. The van der Waals surface area contributed by atoms with E-state index in [0.29, 0.717) is 30.5 Å². The first-order chi connectivity index (χ1) is 13.6. The van der Waals surface area contributed by atoms with Gasteiger partial charge < -0.3 is 15.0 Å². The summed E-state index contributed by atoms with van der Waals surface area (Å²) in [5.74, 6) is 0.652. The van der Waals surface area contributed by atoms with Crippen LogP contribution in [0.15, 0.2) is 54.9 Å². The van der Waals surface area contributed by atoms with E-state index < -0.39 is 0 Å². The van der Waals surface area contributed by atoms with Gasteiger partial charge in [0.2, 0.25) is 0 Å². The van der Waals surface area contributed by atoms with Crippen LogP contribution >= 0.6 is 11.6 Å². The Morgan fingerprint density at radius 1 is 1.18 bits per heavy atom. The maximum absolute atomic E-state index is 12.7. The number of amides is 2. The lowest BCUT2D eigenvalue weighted by atomic mass is 10.1. The van der Waals surface area contributed by atoms with Gasteiger partial charge in [-0.1, -0.05) is 23.7 Å². The number of halogens is 1. The van der Waals surface area contributed by atoms with E-state index in [2.05, 4.69) is 15.4 Å². The van der Waals surface area contributed by atoms with E-state index in [1.165, 1.54) is 0 Å². The summed E-state index contributed by atoms with van der Waals surface area (Å²) in [5.41, 5.74) is 2.63. The smallest absolute Gasteiger partial charge is 0.322 e. The molecule has 1 atom stereocenters.